The molecule has 79 heavy (non-hydrogen) atoms. The number of aromatic nitrogens is 2. The largest absolute Gasteiger partial charge is 0.490 e. The second kappa shape index (κ2) is 44.9. The minimum atomic E-state index is 0.592. The molecule has 0 unspecified atom stereocenters. The second-order valence-electron chi connectivity index (χ2n) is 22.3. The van der Waals surface area contributed by atoms with Gasteiger partial charge in [0.05, 0.1) is 51.0 Å². The summed E-state index contributed by atoms with van der Waals surface area (Å²) in [6.07, 6.45) is 42.8. The molecule has 0 atom stereocenters. The Hall–Kier alpha value is -3.73. The molecular weight excluding hydrogens is 1090 g/mol. The molecule has 0 spiro atoms. The van der Waals surface area contributed by atoms with Crippen LogP contribution in [0.1, 0.15) is 273 Å². The molecule has 0 N–H and O–H groups in total. The first-order valence-electron chi connectivity index (χ1n) is 32.7. The number of hydrogen-bond acceptors (Lipinski definition) is 8. The fourth-order valence-corrected chi connectivity index (χ4v) is 10.4. The van der Waals surface area contributed by atoms with Gasteiger partial charge in [-0.2, -0.15) is 0 Å². The van der Waals surface area contributed by atoms with Crippen molar-refractivity contribution >= 4 is 22.6 Å². The molecule has 0 bridgehead atoms. The van der Waals surface area contributed by atoms with E-state index in [1.807, 2.05) is 0 Å². The van der Waals surface area contributed by atoms with Gasteiger partial charge in [0, 0.05) is 20.3 Å². The van der Waals surface area contributed by atoms with Gasteiger partial charge in [-0.25, -0.2) is 9.97 Å². The molecule has 0 amide bonds. The summed E-state index contributed by atoms with van der Waals surface area (Å²) in [6, 6.07) is 19.2. The van der Waals surface area contributed by atoms with Crippen LogP contribution in [0.15, 0.2) is 54.6 Å². The van der Waals surface area contributed by atoms with E-state index in [4.69, 9.17) is 38.4 Å². The highest BCUT2D eigenvalue weighted by atomic mass is 127. The van der Waals surface area contributed by atoms with Gasteiger partial charge in [0.15, 0.2) is 28.8 Å². The first-order valence-corrected chi connectivity index (χ1v) is 33.8. The summed E-state index contributed by atoms with van der Waals surface area (Å²) in [4.78, 5) is 10.9. The van der Waals surface area contributed by atoms with E-state index in [1.165, 1.54) is 158 Å². The second-order valence-corrected chi connectivity index (χ2v) is 23.5. The van der Waals surface area contributed by atoms with Crippen molar-refractivity contribution in [3.05, 3.63) is 58.2 Å². The molecule has 0 saturated heterocycles. The molecule has 0 aliphatic rings. The topological polar surface area (TPSA) is 81.2 Å². The Labute approximate surface area is 497 Å². The standard InChI is InChI=1S/C70H111IN2O6/c1-7-13-19-25-31-37-47-74-64-53-59(54-65(75-48-38-32-26-20-14-8-2)68(64)78-51-41-35-29-23-17-11-5)63-57-62(58-43-45-61(71)46-44-58)72-70(73-63)60-55-66(76-49-39-33-27-21-15-9-3)69(79-52-42-36-30-24-18-12-6)67(56-60)77-50-40-34-28-22-16-10-4/h43-46,53-57H,7-42,47-52H2,1-6H3. The lowest BCUT2D eigenvalue weighted by Gasteiger charge is -2.20. The van der Waals surface area contributed by atoms with Crippen LogP contribution in [0.3, 0.4) is 0 Å². The third-order valence-corrected chi connectivity index (χ3v) is 15.7. The first-order chi connectivity index (χ1) is 39.0. The molecule has 444 valence electrons. The minimum absolute atomic E-state index is 0.592. The van der Waals surface area contributed by atoms with Crippen molar-refractivity contribution in [1.29, 1.82) is 0 Å². The van der Waals surface area contributed by atoms with Gasteiger partial charge in [-0.3, -0.25) is 0 Å². The van der Waals surface area contributed by atoms with Gasteiger partial charge >= 0.3 is 0 Å². The molecule has 0 saturated carbocycles. The average Bonchev–Trinajstić information content (AvgIpc) is 3.53. The SMILES string of the molecule is CCCCCCCCOc1cc(-c2cc(-c3ccc(I)cc3)nc(-c3cc(OCCCCCCCC)c(OCCCCCCCC)c(OCCCCCCCC)c3)n2)cc(OCCCCCCCC)c1OCCCCCCCC. The third-order valence-electron chi connectivity index (χ3n) is 15.0. The van der Waals surface area contributed by atoms with Gasteiger partial charge in [-0.15, -0.1) is 0 Å². The van der Waals surface area contributed by atoms with E-state index < -0.39 is 0 Å². The third kappa shape index (κ3) is 28.7. The summed E-state index contributed by atoms with van der Waals surface area (Å²) < 4.78 is 42.0. The zero-order valence-corrected chi connectivity index (χ0v) is 53.3. The summed E-state index contributed by atoms with van der Waals surface area (Å²) in [5.41, 5.74) is 4.35. The molecule has 4 aromatic rings. The zero-order valence-electron chi connectivity index (χ0n) is 51.1. The number of nitrogens with zero attached hydrogens (tertiary/aromatic N) is 2. The number of rotatable bonds is 51. The van der Waals surface area contributed by atoms with Crippen LogP contribution in [0.25, 0.3) is 33.9 Å². The fourth-order valence-electron chi connectivity index (χ4n) is 10.0. The molecule has 0 fully saturated rings. The van der Waals surface area contributed by atoms with Crippen LogP contribution in [0.5, 0.6) is 34.5 Å². The summed E-state index contributed by atoms with van der Waals surface area (Å²) in [7, 11) is 0. The smallest absolute Gasteiger partial charge is 0.203 e. The lowest BCUT2D eigenvalue weighted by Crippen LogP contribution is -2.08. The van der Waals surface area contributed by atoms with Crippen LogP contribution in [-0.2, 0) is 0 Å². The predicted octanol–water partition coefficient (Wildman–Crippen LogP) is 22.5. The van der Waals surface area contributed by atoms with Crippen LogP contribution < -0.4 is 28.4 Å². The van der Waals surface area contributed by atoms with Crippen molar-refractivity contribution in [2.75, 3.05) is 39.6 Å². The Bertz CT molecular complexity index is 1930. The highest BCUT2D eigenvalue weighted by molar-refractivity contribution is 14.1. The van der Waals surface area contributed by atoms with E-state index in [9.17, 15) is 0 Å². The highest BCUT2D eigenvalue weighted by Crippen LogP contribution is 2.45. The van der Waals surface area contributed by atoms with Gasteiger partial charge in [0.2, 0.25) is 11.5 Å². The maximum atomic E-state index is 6.83. The molecule has 8 nitrogen and oxygen atoms in total. The van der Waals surface area contributed by atoms with Gasteiger partial charge in [-0.1, -0.05) is 246 Å². The van der Waals surface area contributed by atoms with Crippen LogP contribution in [0.2, 0.25) is 0 Å². The van der Waals surface area contributed by atoms with E-state index in [1.54, 1.807) is 0 Å². The number of halogens is 1. The zero-order chi connectivity index (χ0) is 56.2. The van der Waals surface area contributed by atoms with Crippen LogP contribution >= 0.6 is 22.6 Å². The Kier molecular flexibility index (Phi) is 38.5. The number of unbranched alkanes of at least 4 members (excludes halogenated alkanes) is 30. The molecule has 9 heteroatoms. The van der Waals surface area contributed by atoms with E-state index >= 15 is 0 Å². The molecule has 3 aromatic carbocycles. The Morgan fingerprint density at radius 2 is 0.532 bits per heavy atom. The maximum absolute atomic E-state index is 6.83. The Balaban J connectivity index is 1.88. The van der Waals surface area contributed by atoms with Crippen molar-refractivity contribution < 1.29 is 28.4 Å². The summed E-state index contributed by atoms with van der Waals surface area (Å²) in [5.74, 6) is 4.82. The normalized spacial score (nSPS) is 11.3. The molecule has 0 aliphatic carbocycles. The monoisotopic (exact) mass is 1200 g/mol. The van der Waals surface area contributed by atoms with Crippen molar-refractivity contribution in [1.82, 2.24) is 9.97 Å². The van der Waals surface area contributed by atoms with Crippen LogP contribution in [-0.4, -0.2) is 49.6 Å². The lowest BCUT2D eigenvalue weighted by molar-refractivity contribution is 0.234. The van der Waals surface area contributed by atoms with Crippen LogP contribution in [0.4, 0.5) is 0 Å². The number of benzene rings is 3. The molecule has 1 heterocycles. The van der Waals surface area contributed by atoms with E-state index in [-0.39, 0.29) is 0 Å². The van der Waals surface area contributed by atoms with Gasteiger partial charge in [0.1, 0.15) is 0 Å². The van der Waals surface area contributed by atoms with Crippen molar-refractivity contribution in [3.8, 4) is 68.4 Å². The number of hydrogen-bond donors (Lipinski definition) is 0. The summed E-state index contributed by atoms with van der Waals surface area (Å²) in [6.45, 7) is 17.3. The van der Waals surface area contributed by atoms with E-state index in [2.05, 4.69) is 119 Å². The van der Waals surface area contributed by atoms with Crippen molar-refractivity contribution in [2.24, 2.45) is 0 Å². The summed E-state index contributed by atoms with van der Waals surface area (Å²) >= 11 is 2.38. The molecule has 1 aromatic heterocycles. The minimum Gasteiger partial charge on any atom is -0.490 e. The Morgan fingerprint density at radius 1 is 0.278 bits per heavy atom. The first kappa shape index (κ1) is 67.8. The van der Waals surface area contributed by atoms with Gasteiger partial charge < -0.3 is 28.4 Å². The van der Waals surface area contributed by atoms with Crippen molar-refractivity contribution in [2.45, 2.75) is 273 Å². The van der Waals surface area contributed by atoms with Crippen molar-refractivity contribution in [3.63, 3.8) is 0 Å². The van der Waals surface area contributed by atoms with E-state index in [0.717, 1.165) is 105 Å². The van der Waals surface area contributed by atoms with Gasteiger partial charge in [-0.05, 0) is 104 Å². The molecule has 0 aliphatic heterocycles. The van der Waals surface area contributed by atoms with Crippen LogP contribution in [0, 0.1) is 3.57 Å². The average molecular weight is 1200 g/mol. The number of ether oxygens (including phenoxy) is 6. The molecule has 4 rings (SSSR count). The predicted molar refractivity (Wildman–Crippen MR) is 344 cm³/mol. The molecule has 0 radical (unpaired) electrons. The lowest BCUT2D eigenvalue weighted by atomic mass is 10.0. The fraction of sp³-hybridized carbons (Fsp3) is 0.686. The quantitative estimate of drug-likeness (QED) is 0.0320. The summed E-state index contributed by atoms with van der Waals surface area (Å²) in [5, 5.41) is 0. The maximum Gasteiger partial charge on any atom is 0.203 e. The Morgan fingerprint density at radius 3 is 0.835 bits per heavy atom. The highest BCUT2D eigenvalue weighted by Gasteiger charge is 2.22. The van der Waals surface area contributed by atoms with Gasteiger partial charge in [0.25, 0.3) is 0 Å². The van der Waals surface area contributed by atoms with E-state index in [0.29, 0.717) is 80.0 Å². The molecular formula is C70H111IN2O6.